The molecule has 0 unspecified atom stereocenters. The summed E-state index contributed by atoms with van der Waals surface area (Å²) in [6.07, 6.45) is 0. The number of piperazine rings is 1. The largest absolute Gasteiger partial charge is 0.494 e. The predicted molar refractivity (Wildman–Crippen MR) is 106 cm³/mol. The molecular weight excluding hydrogens is 311 g/mol. The molecule has 0 aromatic heterocycles. The van der Waals surface area contributed by atoms with Gasteiger partial charge in [0.25, 0.3) is 0 Å². The van der Waals surface area contributed by atoms with Crippen LogP contribution >= 0.6 is 0 Å². The maximum Gasteiger partial charge on any atom is 0.494 e. The Morgan fingerprint density at radius 3 is 1.76 bits per heavy atom. The normalized spacial score (nSPS) is 24.0. The van der Waals surface area contributed by atoms with Crippen molar-refractivity contribution in [2.45, 2.75) is 65.2 Å². The van der Waals surface area contributed by atoms with Gasteiger partial charge in [0, 0.05) is 37.4 Å². The Balaban J connectivity index is 1.64. The van der Waals surface area contributed by atoms with Crippen LogP contribution in [0.2, 0.25) is 0 Å². The molecule has 25 heavy (non-hydrogen) atoms. The second kappa shape index (κ2) is 6.29. The lowest BCUT2D eigenvalue weighted by Gasteiger charge is -2.43. The second-order valence-electron chi connectivity index (χ2n) is 9.32. The quantitative estimate of drug-likeness (QED) is 0.771. The molecule has 2 aliphatic rings. The van der Waals surface area contributed by atoms with Gasteiger partial charge in [-0.3, -0.25) is 4.90 Å². The molecule has 0 aliphatic carbocycles. The zero-order valence-corrected chi connectivity index (χ0v) is 16.9. The van der Waals surface area contributed by atoms with E-state index in [1.807, 2.05) is 0 Å². The van der Waals surface area contributed by atoms with Crippen molar-refractivity contribution in [3.8, 4) is 0 Å². The molecule has 4 nitrogen and oxygen atoms in total. The molecule has 1 aromatic rings. The van der Waals surface area contributed by atoms with Gasteiger partial charge in [0.1, 0.15) is 0 Å². The molecule has 0 amide bonds. The number of hydrogen-bond donors (Lipinski definition) is 0. The number of benzene rings is 1. The Bertz CT molecular complexity index is 583. The van der Waals surface area contributed by atoms with Crippen molar-refractivity contribution < 1.29 is 9.31 Å². The molecule has 3 rings (SSSR count). The van der Waals surface area contributed by atoms with E-state index in [0.717, 1.165) is 31.6 Å². The molecule has 0 N–H and O–H groups in total. The van der Waals surface area contributed by atoms with E-state index in [2.05, 4.69) is 82.5 Å². The summed E-state index contributed by atoms with van der Waals surface area (Å²) in [5.74, 6) is 0. The fourth-order valence-electron chi connectivity index (χ4n) is 3.46. The first-order valence-electron chi connectivity index (χ1n) is 9.45. The molecule has 0 radical (unpaired) electrons. The Labute approximate surface area is 153 Å². The van der Waals surface area contributed by atoms with Gasteiger partial charge < -0.3 is 14.2 Å². The number of rotatable bonds is 2. The molecule has 0 atom stereocenters. The van der Waals surface area contributed by atoms with E-state index in [1.54, 1.807) is 0 Å². The van der Waals surface area contributed by atoms with Crippen molar-refractivity contribution in [1.29, 1.82) is 0 Å². The smallest absolute Gasteiger partial charge is 0.399 e. The van der Waals surface area contributed by atoms with Crippen LogP contribution in [0, 0.1) is 0 Å². The highest BCUT2D eigenvalue weighted by Crippen LogP contribution is 2.36. The van der Waals surface area contributed by atoms with Crippen LogP contribution in [0.3, 0.4) is 0 Å². The summed E-state index contributed by atoms with van der Waals surface area (Å²) in [5.41, 5.74) is 2.05. The van der Waals surface area contributed by atoms with Gasteiger partial charge in [-0.2, -0.15) is 0 Å². The van der Waals surface area contributed by atoms with Crippen molar-refractivity contribution >= 4 is 18.3 Å². The van der Waals surface area contributed by atoms with Crippen LogP contribution in [0.1, 0.15) is 48.5 Å². The van der Waals surface area contributed by atoms with Crippen LogP contribution in [-0.4, -0.2) is 54.9 Å². The molecular formula is C20H33BN2O2. The van der Waals surface area contributed by atoms with E-state index in [1.165, 1.54) is 5.69 Å². The van der Waals surface area contributed by atoms with E-state index in [-0.39, 0.29) is 23.9 Å². The molecule has 5 heteroatoms. The van der Waals surface area contributed by atoms with Gasteiger partial charge in [-0.1, -0.05) is 12.1 Å². The van der Waals surface area contributed by atoms with E-state index < -0.39 is 0 Å². The monoisotopic (exact) mass is 344 g/mol. The van der Waals surface area contributed by atoms with Crippen molar-refractivity contribution in [2.24, 2.45) is 0 Å². The molecule has 0 spiro atoms. The summed E-state index contributed by atoms with van der Waals surface area (Å²) in [7, 11) is -0.281. The first-order chi connectivity index (χ1) is 11.5. The lowest BCUT2D eigenvalue weighted by molar-refractivity contribution is 0.00578. The highest BCUT2D eigenvalue weighted by atomic mass is 16.7. The van der Waals surface area contributed by atoms with Crippen molar-refractivity contribution in [2.75, 3.05) is 31.1 Å². The summed E-state index contributed by atoms with van der Waals surface area (Å²) in [4.78, 5) is 5.03. The topological polar surface area (TPSA) is 24.9 Å². The van der Waals surface area contributed by atoms with Gasteiger partial charge in [0.15, 0.2) is 0 Å². The summed E-state index contributed by atoms with van der Waals surface area (Å²) in [6.45, 7) is 19.6. The molecule has 0 saturated carbocycles. The first-order valence-corrected chi connectivity index (χ1v) is 9.45. The molecule has 2 fully saturated rings. The van der Waals surface area contributed by atoms with Gasteiger partial charge in [-0.05, 0) is 66.1 Å². The Kier molecular flexibility index (Phi) is 4.72. The summed E-state index contributed by atoms with van der Waals surface area (Å²) >= 11 is 0. The minimum atomic E-state index is -0.292. The number of anilines is 1. The van der Waals surface area contributed by atoms with Crippen molar-refractivity contribution in [1.82, 2.24) is 4.90 Å². The highest BCUT2D eigenvalue weighted by Gasteiger charge is 2.51. The fourth-order valence-corrected chi connectivity index (χ4v) is 3.46. The van der Waals surface area contributed by atoms with Crippen LogP contribution in [0.15, 0.2) is 24.3 Å². The average molecular weight is 344 g/mol. The molecule has 2 aliphatic heterocycles. The summed E-state index contributed by atoms with van der Waals surface area (Å²) in [5, 5.41) is 0. The maximum atomic E-state index is 6.14. The van der Waals surface area contributed by atoms with E-state index in [0.29, 0.717) is 0 Å². The molecule has 2 saturated heterocycles. The van der Waals surface area contributed by atoms with Crippen LogP contribution < -0.4 is 10.4 Å². The third-order valence-electron chi connectivity index (χ3n) is 6.01. The van der Waals surface area contributed by atoms with Gasteiger partial charge in [0.05, 0.1) is 11.2 Å². The van der Waals surface area contributed by atoms with Crippen LogP contribution in [0.25, 0.3) is 0 Å². The minimum absolute atomic E-state index is 0.257. The molecule has 1 aromatic carbocycles. The third-order valence-corrected chi connectivity index (χ3v) is 6.01. The van der Waals surface area contributed by atoms with Crippen molar-refractivity contribution in [3.63, 3.8) is 0 Å². The molecule has 0 bridgehead atoms. The van der Waals surface area contributed by atoms with E-state index in [4.69, 9.17) is 9.31 Å². The van der Waals surface area contributed by atoms with Crippen molar-refractivity contribution in [3.05, 3.63) is 24.3 Å². The van der Waals surface area contributed by atoms with E-state index in [9.17, 15) is 0 Å². The van der Waals surface area contributed by atoms with Crippen LogP contribution in [-0.2, 0) is 9.31 Å². The van der Waals surface area contributed by atoms with Gasteiger partial charge in [-0.25, -0.2) is 0 Å². The average Bonchev–Trinajstić information content (AvgIpc) is 2.75. The summed E-state index contributed by atoms with van der Waals surface area (Å²) < 4.78 is 12.3. The second-order valence-corrected chi connectivity index (χ2v) is 9.32. The van der Waals surface area contributed by atoms with Crippen LogP contribution in [0.5, 0.6) is 0 Å². The third kappa shape index (κ3) is 3.74. The lowest BCUT2D eigenvalue weighted by Crippen LogP contribution is -2.53. The highest BCUT2D eigenvalue weighted by molar-refractivity contribution is 6.62. The molecule has 138 valence electrons. The first kappa shape index (κ1) is 18.7. The summed E-state index contributed by atoms with van der Waals surface area (Å²) in [6, 6.07) is 8.70. The lowest BCUT2D eigenvalue weighted by atomic mass is 9.79. The number of nitrogens with zero attached hydrogens (tertiary/aromatic N) is 2. The van der Waals surface area contributed by atoms with Gasteiger partial charge in [-0.15, -0.1) is 0 Å². The van der Waals surface area contributed by atoms with E-state index >= 15 is 0 Å². The zero-order chi connectivity index (χ0) is 18.5. The van der Waals surface area contributed by atoms with Gasteiger partial charge >= 0.3 is 7.12 Å². The standard InChI is InChI=1S/C20H33BN2O2/c1-18(2,3)23-14-12-22(13-15-23)17-10-8-16(9-11-17)21-24-19(4,5)20(6,7)25-21/h8-11H,12-15H2,1-7H3. The number of hydrogen-bond acceptors (Lipinski definition) is 4. The van der Waals surface area contributed by atoms with Crippen LogP contribution in [0.4, 0.5) is 5.69 Å². The molecule has 2 heterocycles. The zero-order valence-electron chi connectivity index (χ0n) is 16.9. The Morgan fingerprint density at radius 2 is 1.32 bits per heavy atom. The van der Waals surface area contributed by atoms with Gasteiger partial charge in [0.2, 0.25) is 0 Å². The minimum Gasteiger partial charge on any atom is -0.399 e. The predicted octanol–water partition coefficient (Wildman–Crippen LogP) is 2.91. The maximum absolute atomic E-state index is 6.14. The Morgan fingerprint density at radius 1 is 0.840 bits per heavy atom. The SMILES string of the molecule is CC(C)(C)N1CCN(c2ccc(B3OC(C)(C)C(C)(C)O3)cc2)CC1. The fraction of sp³-hybridized carbons (Fsp3) is 0.700. The Hall–Kier alpha value is -1.04.